The van der Waals surface area contributed by atoms with Crippen molar-refractivity contribution in [2.75, 3.05) is 0 Å². The van der Waals surface area contributed by atoms with Gasteiger partial charge in [0.2, 0.25) is 0 Å². The molecule has 0 aromatic carbocycles. The molecule has 1 atom stereocenters. The van der Waals surface area contributed by atoms with Crippen molar-refractivity contribution in [3.8, 4) is 0 Å². The van der Waals surface area contributed by atoms with Crippen LogP contribution in [0.2, 0.25) is 0 Å². The molecule has 1 unspecified atom stereocenters. The van der Waals surface area contributed by atoms with Gasteiger partial charge in [-0.2, -0.15) is 0 Å². The molecule has 0 aromatic heterocycles. The maximum atomic E-state index is 11.4. The lowest BCUT2D eigenvalue weighted by Crippen LogP contribution is -2.57. The summed E-state index contributed by atoms with van der Waals surface area (Å²) in [5, 5.41) is 27.7. The van der Waals surface area contributed by atoms with Gasteiger partial charge in [-0.1, -0.05) is 19.7 Å². The summed E-state index contributed by atoms with van der Waals surface area (Å²) in [5.41, 5.74) is 0. The molecule has 0 aliphatic carbocycles. The van der Waals surface area contributed by atoms with E-state index in [-0.39, 0.29) is 0 Å². The highest BCUT2D eigenvalue weighted by atomic mass is 16.9. The second kappa shape index (κ2) is 7.50. The van der Waals surface area contributed by atoms with Crippen LogP contribution in [-0.4, -0.2) is 45.2 Å². The number of hydrogen-bond donors (Lipinski definition) is 3. The lowest BCUT2D eigenvalue weighted by atomic mass is 10.1. The van der Waals surface area contributed by atoms with Gasteiger partial charge in [-0.15, -0.1) is 0 Å². The van der Waals surface area contributed by atoms with Gasteiger partial charge in [-0.25, -0.2) is 14.4 Å². The fourth-order valence-corrected chi connectivity index (χ4v) is 1.11. The Labute approximate surface area is 125 Å². The van der Waals surface area contributed by atoms with E-state index >= 15 is 0 Å². The minimum absolute atomic E-state index is 0.624. The Balaban J connectivity index is 5.97. The van der Waals surface area contributed by atoms with E-state index in [1.165, 1.54) is 0 Å². The molecule has 0 saturated heterocycles. The highest BCUT2D eigenvalue weighted by Gasteiger charge is 2.57. The normalized spacial score (nSPS) is 12.5. The molecule has 22 heavy (non-hydrogen) atoms. The topological polar surface area (TPSA) is 140 Å². The summed E-state index contributed by atoms with van der Waals surface area (Å²) in [6.07, 6.45) is 1.87. The summed E-state index contributed by atoms with van der Waals surface area (Å²) < 4.78 is 13.8. The first-order valence-electron chi connectivity index (χ1n) is 5.75. The fraction of sp³-hybridized carbons (Fsp3) is 0.308. The van der Waals surface area contributed by atoms with Gasteiger partial charge in [-0.05, 0) is 6.92 Å². The van der Waals surface area contributed by atoms with Crippen LogP contribution >= 0.6 is 0 Å². The minimum Gasteiger partial charge on any atom is -0.384 e. The van der Waals surface area contributed by atoms with E-state index in [0.29, 0.717) is 18.2 Å². The maximum absolute atomic E-state index is 11.4. The van der Waals surface area contributed by atoms with E-state index in [4.69, 9.17) is 0 Å². The third-order valence-corrected chi connectivity index (χ3v) is 2.34. The van der Waals surface area contributed by atoms with Crippen molar-refractivity contribution in [1.82, 2.24) is 0 Å². The van der Waals surface area contributed by atoms with E-state index in [1.807, 2.05) is 0 Å². The average molecular weight is 316 g/mol. The van der Waals surface area contributed by atoms with Crippen molar-refractivity contribution in [3.05, 3.63) is 38.0 Å². The quantitative estimate of drug-likeness (QED) is 0.295. The Morgan fingerprint density at radius 3 is 1.32 bits per heavy atom. The Kier molecular flexibility index (Phi) is 6.65. The lowest BCUT2D eigenvalue weighted by molar-refractivity contribution is -0.431. The Bertz CT molecular complexity index is 431. The van der Waals surface area contributed by atoms with Gasteiger partial charge in [0.15, 0.2) is 5.92 Å². The molecule has 122 valence electrons. The zero-order valence-electron chi connectivity index (χ0n) is 11.7. The summed E-state index contributed by atoms with van der Waals surface area (Å²) in [5.74, 6) is -12.3. The van der Waals surface area contributed by atoms with E-state index in [9.17, 15) is 29.7 Å². The van der Waals surface area contributed by atoms with Crippen LogP contribution in [0.5, 0.6) is 0 Å². The van der Waals surface area contributed by atoms with Crippen LogP contribution in [0.1, 0.15) is 6.92 Å². The molecule has 3 N–H and O–H groups in total. The predicted molar refractivity (Wildman–Crippen MR) is 70.1 cm³/mol. The molecular formula is C13H16O9. The molecule has 0 heterocycles. The monoisotopic (exact) mass is 316 g/mol. The molecule has 0 aliphatic heterocycles. The van der Waals surface area contributed by atoms with E-state index in [2.05, 4.69) is 33.9 Å². The molecular weight excluding hydrogens is 300 g/mol. The first-order chi connectivity index (χ1) is 10.0. The van der Waals surface area contributed by atoms with E-state index < -0.39 is 35.8 Å². The lowest BCUT2D eigenvalue weighted by Gasteiger charge is -2.37. The summed E-state index contributed by atoms with van der Waals surface area (Å²) in [7, 11) is 0. The SMILES string of the molecule is C=CC(=O)OC(OC(=O)C=C)(OC(=O)C=C)C(C)C(O)(O)O. The predicted octanol–water partition coefficient (Wildman–Crippen LogP) is -0.905. The molecule has 0 aliphatic rings. The van der Waals surface area contributed by atoms with Crippen molar-refractivity contribution in [2.24, 2.45) is 5.92 Å². The van der Waals surface area contributed by atoms with Gasteiger partial charge < -0.3 is 29.5 Å². The second-order valence-electron chi connectivity index (χ2n) is 3.89. The van der Waals surface area contributed by atoms with Crippen LogP contribution < -0.4 is 0 Å². The van der Waals surface area contributed by atoms with Gasteiger partial charge in [0, 0.05) is 18.2 Å². The van der Waals surface area contributed by atoms with Gasteiger partial charge in [0.25, 0.3) is 5.97 Å². The maximum Gasteiger partial charge on any atom is 0.434 e. The molecule has 0 aromatic rings. The van der Waals surface area contributed by atoms with Crippen molar-refractivity contribution in [2.45, 2.75) is 18.9 Å². The smallest absolute Gasteiger partial charge is 0.384 e. The van der Waals surface area contributed by atoms with E-state index in [1.54, 1.807) is 0 Å². The Hall–Kier alpha value is -2.49. The molecule has 0 fully saturated rings. The molecule has 9 heteroatoms. The summed E-state index contributed by atoms with van der Waals surface area (Å²) in [6.45, 7) is 10.1. The molecule has 0 radical (unpaired) electrons. The van der Waals surface area contributed by atoms with Crippen LogP contribution in [0.3, 0.4) is 0 Å². The Morgan fingerprint density at radius 2 is 1.14 bits per heavy atom. The van der Waals surface area contributed by atoms with Crippen molar-refractivity contribution >= 4 is 17.9 Å². The number of carbonyl (C=O) groups is 3. The molecule has 0 rings (SSSR count). The number of hydrogen-bond acceptors (Lipinski definition) is 9. The summed E-state index contributed by atoms with van der Waals surface area (Å²) in [6, 6.07) is 0. The van der Waals surface area contributed by atoms with Crippen LogP contribution in [0.4, 0.5) is 0 Å². The van der Waals surface area contributed by atoms with Crippen molar-refractivity contribution in [3.63, 3.8) is 0 Å². The zero-order valence-corrected chi connectivity index (χ0v) is 11.7. The van der Waals surface area contributed by atoms with Gasteiger partial charge >= 0.3 is 23.9 Å². The van der Waals surface area contributed by atoms with Crippen molar-refractivity contribution < 1.29 is 43.9 Å². The molecule has 0 saturated carbocycles. The average Bonchev–Trinajstić information content (AvgIpc) is 2.44. The highest BCUT2D eigenvalue weighted by molar-refractivity contribution is 5.85. The Morgan fingerprint density at radius 1 is 0.864 bits per heavy atom. The number of esters is 3. The number of rotatable bonds is 8. The first kappa shape index (κ1) is 19.5. The molecule has 0 spiro atoms. The molecule has 0 amide bonds. The fourth-order valence-electron chi connectivity index (χ4n) is 1.11. The highest BCUT2D eigenvalue weighted by Crippen LogP contribution is 2.32. The summed E-state index contributed by atoms with van der Waals surface area (Å²) in [4.78, 5) is 34.1. The van der Waals surface area contributed by atoms with Crippen molar-refractivity contribution in [1.29, 1.82) is 0 Å². The van der Waals surface area contributed by atoms with Gasteiger partial charge in [-0.3, -0.25) is 0 Å². The standard InChI is InChI=1S/C13H16O9/c1-5-9(14)20-13(21-10(15)6-2,22-11(16)7-3)8(4)12(17,18)19/h5-8,17-19H,1-3H2,4H3. The van der Waals surface area contributed by atoms with Crippen LogP contribution in [0.15, 0.2) is 38.0 Å². The largest absolute Gasteiger partial charge is 0.434 e. The molecule has 9 nitrogen and oxygen atoms in total. The van der Waals surface area contributed by atoms with Gasteiger partial charge in [0.05, 0.1) is 0 Å². The number of ether oxygens (including phenoxy) is 3. The summed E-state index contributed by atoms with van der Waals surface area (Å²) >= 11 is 0. The van der Waals surface area contributed by atoms with E-state index in [0.717, 1.165) is 6.92 Å². The zero-order chi connectivity index (χ0) is 17.6. The van der Waals surface area contributed by atoms with Gasteiger partial charge in [0.1, 0.15) is 0 Å². The van der Waals surface area contributed by atoms with Crippen LogP contribution in [0.25, 0.3) is 0 Å². The van der Waals surface area contributed by atoms with Crippen LogP contribution in [-0.2, 0) is 28.6 Å². The number of aliphatic hydroxyl groups is 3. The molecule has 0 bridgehead atoms. The third kappa shape index (κ3) is 5.13. The third-order valence-electron chi connectivity index (χ3n) is 2.34. The number of carbonyl (C=O) groups excluding carboxylic acids is 3. The second-order valence-corrected chi connectivity index (χ2v) is 3.89. The van der Waals surface area contributed by atoms with Crippen LogP contribution in [0, 0.1) is 5.92 Å². The first-order valence-corrected chi connectivity index (χ1v) is 5.75. The minimum atomic E-state index is -3.54.